The van der Waals surface area contributed by atoms with E-state index in [1.165, 1.54) is 19.3 Å². The monoisotopic (exact) mass is 276 g/mol. The molecule has 9 heavy (non-hydrogen) atoms. The summed E-state index contributed by atoms with van der Waals surface area (Å²) in [6.07, 6.45) is 4.65. The SMILES string of the molecule is CCCCCC(Cl)(Br)Br. The molecule has 0 heterocycles. The van der Waals surface area contributed by atoms with E-state index in [9.17, 15) is 0 Å². The molecule has 3 heteroatoms. The molecule has 0 nitrogen and oxygen atoms in total. The third-order valence-electron chi connectivity index (χ3n) is 1.06. The molecule has 0 radical (unpaired) electrons. The summed E-state index contributed by atoms with van der Waals surface area (Å²) < 4.78 is -0.352. The van der Waals surface area contributed by atoms with Crippen LogP contribution in [0.4, 0.5) is 0 Å². The van der Waals surface area contributed by atoms with Gasteiger partial charge in [0, 0.05) is 0 Å². The fraction of sp³-hybridized carbons (Fsp3) is 1.00. The molecule has 0 aromatic heterocycles. The first-order chi connectivity index (χ1) is 4.06. The first-order valence-electron chi connectivity index (χ1n) is 3.13. The summed E-state index contributed by atoms with van der Waals surface area (Å²) in [5.41, 5.74) is 0. The zero-order valence-electron chi connectivity index (χ0n) is 5.46. The average molecular weight is 278 g/mol. The van der Waals surface area contributed by atoms with Crippen molar-refractivity contribution in [3.05, 3.63) is 0 Å². The van der Waals surface area contributed by atoms with Gasteiger partial charge in [-0.2, -0.15) is 0 Å². The lowest BCUT2D eigenvalue weighted by molar-refractivity contribution is 0.689. The molecule has 0 aromatic carbocycles. The molecule has 0 aliphatic carbocycles. The van der Waals surface area contributed by atoms with Crippen LogP contribution >= 0.6 is 43.5 Å². The second-order valence-electron chi connectivity index (χ2n) is 2.07. The summed E-state index contributed by atoms with van der Waals surface area (Å²) >= 11 is 12.4. The highest BCUT2D eigenvalue weighted by atomic mass is 79.9. The Morgan fingerprint density at radius 1 is 1.33 bits per heavy atom. The maximum absolute atomic E-state index is 5.80. The number of alkyl halides is 3. The Balaban J connectivity index is 3.07. The number of unbranched alkanes of at least 4 members (excludes halogenated alkanes) is 2. The molecular weight excluding hydrogens is 267 g/mol. The summed E-state index contributed by atoms with van der Waals surface area (Å²) in [4.78, 5) is 0. The second-order valence-corrected chi connectivity index (χ2v) is 7.40. The van der Waals surface area contributed by atoms with Crippen molar-refractivity contribution in [1.29, 1.82) is 0 Å². The van der Waals surface area contributed by atoms with Crippen LogP contribution in [0.15, 0.2) is 0 Å². The highest BCUT2D eigenvalue weighted by Crippen LogP contribution is 2.36. The summed E-state index contributed by atoms with van der Waals surface area (Å²) in [6, 6.07) is 0. The summed E-state index contributed by atoms with van der Waals surface area (Å²) in [5.74, 6) is 0. The van der Waals surface area contributed by atoms with Crippen molar-refractivity contribution in [2.45, 2.75) is 35.3 Å². The van der Waals surface area contributed by atoms with Crippen molar-refractivity contribution < 1.29 is 0 Å². The molecule has 0 fully saturated rings. The van der Waals surface area contributed by atoms with Crippen LogP contribution in [-0.2, 0) is 0 Å². The molecule has 0 atom stereocenters. The highest BCUT2D eigenvalue weighted by Gasteiger charge is 2.16. The van der Waals surface area contributed by atoms with Crippen molar-refractivity contribution in [2.24, 2.45) is 0 Å². The quantitative estimate of drug-likeness (QED) is 0.533. The minimum Gasteiger partial charge on any atom is -0.0940 e. The zero-order valence-corrected chi connectivity index (χ0v) is 9.39. The van der Waals surface area contributed by atoms with Gasteiger partial charge in [0.15, 0.2) is 2.69 Å². The van der Waals surface area contributed by atoms with E-state index in [2.05, 4.69) is 38.8 Å². The van der Waals surface area contributed by atoms with Crippen LogP contribution < -0.4 is 0 Å². The van der Waals surface area contributed by atoms with Crippen LogP contribution in [0.25, 0.3) is 0 Å². The van der Waals surface area contributed by atoms with Gasteiger partial charge in [0.1, 0.15) is 0 Å². The fourth-order valence-corrected chi connectivity index (χ4v) is 1.27. The van der Waals surface area contributed by atoms with Crippen LogP contribution in [0, 0.1) is 0 Å². The van der Waals surface area contributed by atoms with Crippen LogP contribution in [0.3, 0.4) is 0 Å². The van der Waals surface area contributed by atoms with Crippen LogP contribution in [-0.4, -0.2) is 2.69 Å². The molecule has 0 saturated heterocycles. The number of hydrogen-bond acceptors (Lipinski definition) is 0. The number of halogens is 3. The largest absolute Gasteiger partial charge is 0.153 e. The molecule has 0 amide bonds. The van der Waals surface area contributed by atoms with Crippen molar-refractivity contribution >= 4 is 43.5 Å². The topological polar surface area (TPSA) is 0 Å². The second kappa shape index (κ2) is 4.97. The van der Waals surface area contributed by atoms with E-state index in [1.54, 1.807) is 0 Å². The molecule has 0 bridgehead atoms. The average Bonchev–Trinajstić information content (AvgIpc) is 1.63. The Hall–Kier alpha value is 1.25. The van der Waals surface area contributed by atoms with Gasteiger partial charge in [-0.15, -0.1) is 0 Å². The van der Waals surface area contributed by atoms with Gasteiger partial charge in [-0.3, -0.25) is 0 Å². The molecular formula is C6H11Br2Cl. The van der Waals surface area contributed by atoms with E-state index in [-0.39, 0.29) is 2.69 Å². The molecule has 0 aromatic rings. The lowest BCUT2D eigenvalue weighted by atomic mass is 10.2. The molecule has 56 valence electrons. The summed E-state index contributed by atoms with van der Waals surface area (Å²) in [5, 5.41) is 0. The van der Waals surface area contributed by atoms with Gasteiger partial charge in [-0.25, -0.2) is 0 Å². The van der Waals surface area contributed by atoms with E-state index in [4.69, 9.17) is 11.6 Å². The van der Waals surface area contributed by atoms with Gasteiger partial charge in [0.2, 0.25) is 0 Å². The van der Waals surface area contributed by atoms with Gasteiger partial charge in [0.25, 0.3) is 0 Å². The molecule has 0 rings (SSSR count). The minimum absolute atomic E-state index is 0.352. The molecule has 0 unspecified atom stereocenters. The Morgan fingerprint density at radius 3 is 2.22 bits per heavy atom. The van der Waals surface area contributed by atoms with Crippen molar-refractivity contribution in [3.63, 3.8) is 0 Å². The van der Waals surface area contributed by atoms with E-state index in [0.29, 0.717) is 0 Å². The zero-order chi connectivity index (χ0) is 7.33. The van der Waals surface area contributed by atoms with E-state index < -0.39 is 0 Å². The number of rotatable bonds is 4. The smallest absolute Gasteiger partial charge is 0.0940 e. The first-order valence-corrected chi connectivity index (χ1v) is 5.09. The maximum Gasteiger partial charge on any atom is 0.153 e. The van der Waals surface area contributed by atoms with Gasteiger partial charge in [0.05, 0.1) is 0 Å². The van der Waals surface area contributed by atoms with E-state index in [0.717, 1.165) is 6.42 Å². The van der Waals surface area contributed by atoms with E-state index in [1.807, 2.05) is 0 Å². The predicted octanol–water partition coefficient (Wildman–Crippen LogP) is 4.25. The third kappa shape index (κ3) is 9.25. The van der Waals surface area contributed by atoms with Crippen LogP contribution in [0.1, 0.15) is 32.6 Å². The third-order valence-corrected chi connectivity index (χ3v) is 2.05. The molecule has 0 saturated carbocycles. The molecule has 0 aliphatic rings. The van der Waals surface area contributed by atoms with Gasteiger partial charge in [-0.05, 0) is 12.8 Å². The first kappa shape index (κ1) is 10.2. The van der Waals surface area contributed by atoms with Gasteiger partial charge >= 0.3 is 0 Å². The highest BCUT2D eigenvalue weighted by molar-refractivity contribution is 9.26. The Kier molecular flexibility index (Phi) is 5.67. The maximum atomic E-state index is 5.80. The van der Waals surface area contributed by atoms with Gasteiger partial charge in [-0.1, -0.05) is 63.2 Å². The van der Waals surface area contributed by atoms with Crippen LogP contribution in [0.5, 0.6) is 0 Å². The standard InChI is InChI=1S/C6H11Br2Cl/c1-2-3-4-5-6(7,8)9/h2-5H2,1H3. The van der Waals surface area contributed by atoms with E-state index >= 15 is 0 Å². The van der Waals surface area contributed by atoms with Crippen molar-refractivity contribution in [3.8, 4) is 0 Å². The Labute approximate surface area is 78.6 Å². The molecule has 0 aliphatic heterocycles. The normalized spacial score (nSPS) is 12.0. The summed E-state index contributed by atoms with van der Waals surface area (Å²) in [6.45, 7) is 2.18. The Bertz CT molecular complexity index is 67.9. The van der Waals surface area contributed by atoms with Crippen molar-refractivity contribution in [1.82, 2.24) is 0 Å². The number of hydrogen-bond donors (Lipinski definition) is 0. The lowest BCUT2D eigenvalue weighted by Gasteiger charge is -2.09. The molecule has 0 spiro atoms. The van der Waals surface area contributed by atoms with Crippen LogP contribution in [0.2, 0.25) is 0 Å². The Morgan fingerprint density at radius 2 is 1.89 bits per heavy atom. The fourth-order valence-electron chi connectivity index (χ4n) is 0.575. The predicted molar refractivity (Wildman–Crippen MR) is 50.6 cm³/mol. The lowest BCUT2D eigenvalue weighted by Crippen LogP contribution is -1.98. The molecule has 0 N–H and O–H groups in total. The van der Waals surface area contributed by atoms with Crippen molar-refractivity contribution in [2.75, 3.05) is 0 Å². The minimum atomic E-state index is -0.352. The van der Waals surface area contributed by atoms with Gasteiger partial charge < -0.3 is 0 Å². The summed E-state index contributed by atoms with van der Waals surface area (Å²) in [7, 11) is 0.